The molecule has 0 N–H and O–H groups in total. The van der Waals surface area contributed by atoms with Crippen molar-refractivity contribution in [3.63, 3.8) is 0 Å². The van der Waals surface area contributed by atoms with Gasteiger partial charge in [-0.05, 0) is 44.4 Å². The van der Waals surface area contributed by atoms with E-state index in [4.69, 9.17) is 9.47 Å². The zero-order valence-corrected chi connectivity index (χ0v) is 11.1. The number of amides is 1. The van der Waals surface area contributed by atoms with Gasteiger partial charge in [-0.2, -0.15) is 0 Å². The topological polar surface area (TPSA) is 38.8 Å². The number of likely N-dealkylation sites (tertiary alicyclic amines) is 1. The molecule has 0 aromatic heterocycles. The Morgan fingerprint density at radius 2 is 2.22 bits per heavy atom. The second kappa shape index (κ2) is 5.08. The Morgan fingerprint density at radius 1 is 1.33 bits per heavy atom. The van der Waals surface area contributed by atoms with Crippen molar-refractivity contribution in [1.29, 1.82) is 0 Å². The van der Waals surface area contributed by atoms with E-state index in [0.29, 0.717) is 18.4 Å². The first-order valence-corrected chi connectivity index (χ1v) is 7.36. The van der Waals surface area contributed by atoms with Gasteiger partial charge in [-0.25, -0.2) is 4.79 Å². The van der Waals surface area contributed by atoms with Crippen LogP contribution in [0.4, 0.5) is 4.79 Å². The van der Waals surface area contributed by atoms with Crippen molar-refractivity contribution in [2.24, 2.45) is 11.8 Å². The number of nitrogens with zero attached hydrogens (tertiary/aromatic N) is 1. The summed E-state index contributed by atoms with van der Waals surface area (Å²) in [5.41, 5.74) is 0. The monoisotopic (exact) mass is 253 g/mol. The third kappa shape index (κ3) is 2.00. The van der Waals surface area contributed by atoms with Crippen LogP contribution in [0.1, 0.15) is 39.0 Å². The van der Waals surface area contributed by atoms with Crippen LogP contribution in [0.2, 0.25) is 0 Å². The Balaban J connectivity index is 1.76. The van der Waals surface area contributed by atoms with Gasteiger partial charge in [0.1, 0.15) is 0 Å². The number of ether oxygens (including phenoxy) is 2. The van der Waals surface area contributed by atoms with Crippen molar-refractivity contribution in [2.45, 2.75) is 51.2 Å². The summed E-state index contributed by atoms with van der Waals surface area (Å²) in [6, 6.07) is 0.277. The number of rotatable bonds is 2. The minimum absolute atomic E-state index is 0.132. The van der Waals surface area contributed by atoms with Crippen LogP contribution in [0.25, 0.3) is 0 Å². The van der Waals surface area contributed by atoms with Gasteiger partial charge in [0.2, 0.25) is 0 Å². The van der Waals surface area contributed by atoms with Crippen LogP contribution in [0, 0.1) is 11.8 Å². The summed E-state index contributed by atoms with van der Waals surface area (Å²) in [7, 11) is 0. The molecule has 2 aliphatic heterocycles. The smallest absolute Gasteiger partial charge is 0.410 e. The van der Waals surface area contributed by atoms with Gasteiger partial charge >= 0.3 is 6.09 Å². The Morgan fingerprint density at radius 3 is 2.94 bits per heavy atom. The lowest BCUT2D eigenvalue weighted by atomic mass is 9.90. The van der Waals surface area contributed by atoms with Crippen LogP contribution in [0.3, 0.4) is 0 Å². The van der Waals surface area contributed by atoms with Crippen LogP contribution < -0.4 is 0 Å². The van der Waals surface area contributed by atoms with E-state index < -0.39 is 0 Å². The van der Waals surface area contributed by atoms with Crippen molar-refractivity contribution < 1.29 is 14.3 Å². The second-order valence-electron chi connectivity index (χ2n) is 5.75. The van der Waals surface area contributed by atoms with Gasteiger partial charge in [0, 0.05) is 13.2 Å². The molecular weight excluding hydrogens is 230 g/mol. The predicted octanol–water partition coefficient (Wildman–Crippen LogP) is 2.42. The zero-order valence-electron chi connectivity index (χ0n) is 11.1. The summed E-state index contributed by atoms with van der Waals surface area (Å²) in [4.78, 5) is 14.1. The number of hydrogen-bond donors (Lipinski definition) is 0. The first kappa shape index (κ1) is 12.3. The average molecular weight is 253 g/mol. The predicted molar refractivity (Wildman–Crippen MR) is 67.3 cm³/mol. The van der Waals surface area contributed by atoms with Crippen molar-refractivity contribution in [1.82, 2.24) is 4.90 Å². The molecule has 3 aliphatic rings. The van der Waals surface area contributed by atoms with E-state index in [9.17, 15) is 4.79 Å². The largest absolute Gasteiger partial charge is 0.450 e. The van der Waals surface area contributed by atoms with Gasteiger partial charge < -0.3 is 14.4 Å². The summed E-state index contributed by atoms with van der Waals surface area (Å²) in [6.07, 6.45) is 6.19. The quantitative estimate of drug-likeness (QED) is 0.758. The molecule has 0 aromatic carbocycles. The third-order valence-electron chi connectivity index (χ3n) is 4.80. The maximum Gasteiger partial charge on any atom is 0.410 e. The first-order chi connectivity index (χ1) is 8.81. The Labute approximate surface area is 109 Å². The van der Waals surface area contributed by atoms with Crippen LogP contribution in [0.5, 0.6) is 0 Å². The fraction of sp³-hybridized carbons (Fsp3) is 0.929. The van der Waals surface area contributed by atoms with Crippen molar-refractivity contribution in [2.75, 3.05) is 19.8 Å². The molecule has 3 fully saturated rings. The van der Waals surface area contributed by atoms with Crippen molar-refractivity contribution in [3.05, 3.63) is 0 Å². The average Bonchev–Trinajstić information content (AvgIpc) is 3.04. The van der Waals surface area contributed by atoms with E-state index in [1.807, 2.05) is 11.8 Å². The van der Waals surface area contributed by atoms with Gasteiger partial charge in [-0.15, -0.1) is 0 Å². The van der Waals surface area contributed by atoms with E-state index in [1.54, 1.807) is 0 Å². The maximum absolute atomic E-state index is 12.1. The standard InChI is InChI=1S/C14H23NO3/c1-2-17-14(16)15-9-10-5-3-6-11(10)13(15)12-7-4-8-18-12/h10-13H,2-9H2,1H3. The molecule has 4 heteroatoms. The lowest BCUT2D eigenvalue weighted by Crippen LogP contribution is -2.45. The zero-order chi connectivity index (χ0) is 12.5. The molecule has 102 valence electrons. The summed E-state index contributed by atoms with van der Waals surface area (Å²) < 4.78 is 11.1. The fourth-order valence-electron chi connectivity index (χ4n) is 4.10. The Hall–Kier alpha value is -0.770. The van der Waals surface area contributed by atoms with Crippen molar-refractivity contribution in [3.8, 4) is 0 Å². The minimum atomic E-state index is -0.132. The van der Waals surface area contributed by atoms with E-state index in [1.165, 1.54) is 19.3 Å². The first-order valence-electron chi connectivity index (χ1n) is 7.36. The van der Waals surface area contributed by atoms with Gasteiger partial charge in [0.15, 0.2) is 0 Å². The van der Waals surface area contributed by atoms with E-state index in [0.717, 1.165) is 26.0 Å². The summed E-state index contributed by atoms with van der Waals surface area (Å²) in [6.45, 7) is 4.07. The SMILES string of the molecule is CCOC(=O)N1CC2CCCC2C1C1CCCO1. The molecule has 0 spiro atoms. The summed E-state index contributed by atoms with van der Waals surface area (Å²) >= 11 is 0. The molecule has 1 saturated carbocycles. The van der Waals surface area contributed by atoms with Gasteiger partial charge in [-0.3, -0.25) is 0 Å². The molecule has 1 aliphatic carbocycles. The van der Waals surface area contributed by atoms with Crippen LogP contribution >= 0.6 is 0 Å². The van der Waals surface area contributed by atoms with Gasteiger partial charge in [-0.1, -0.05) is 6.42 Å². The molecular formula is C14H23NO3. The normalized spacial score (nSPS) is 39.1. The highest BCUT2D eigenvalue weighted by atomic mass is 16.6. The Kier molecular flexibility index (Phi) is 3.46. The molecule has 0 radical (unpaired) electrons. The fourth-order valence-corrected chi connectivity index (χ4v) is 4.10. The molecule has 2 heterocycles. The number of fused-ring (bicyclic) bond motifs is 1. The van der Waals surface area contributed by atoms with E-state index in [2.05, 4.69) is 0 Å². The van der Waals surface area contributed by atoms with Gasteiger partial charge in [0.05, 0.1) is 18.8 Å². The lowest BCUT2D eigenvalue weighted by molar-refractivity contribution is 0.0202. The van der Waals surface area contributed by atoms with Crippen LogP contribution in [-0.2, 0) is 9.47 Å². The minimum Gasteiger partial charge on any atom is -0.450 e. The van der Waals surface area contributed by atoms with E-state index >= 15 is 0 Å². The molecule has 4 atom stereocenters. The summed E-state index contributed by atoms with van der Waals surface area (Å²) in [5.74, 6) is 1.33. The van der Waals surface area contributed by atoms with Crippen LogP contribution in [-0.4, -0.2) is 42.9 Å². The molecule has 3 rings (SSSR count). The Bertz CT molecular complexity index is 314. The molecule has 4 unspecified atom stereocenters. The molecule has 0 aromatic rings. The molecule has 0 bridgehead atoms. The highest BCUT2D eigenvalue weighted by Gasteiger charge is 2.50. The molecule has 4 nitrogen and oxygen atoms in total. The highest BCUT2D eigenvalue weighted by Crippen LogP contribution is 2.45. The van der Waals surface area contributed by atoms with E-state index in [-0.39, 0.29) is 18.2 Å². The third-order valence-corrected chi connectivity index (χ3v) is 4.80. The number of hydrogen-bond acceptors (Lipinski definition) is 3. The summed E-state index contributed by atoms with van der Waals surface area (Å²) in [5, 5.41) is 0. The maximum atomic E-state index is 12.1. The number of carbonyl (C=O) groups is 1. The highest BCUT2D eigenvalue weighted by molar-refractivity contribution is 5.68. The van der Waals surface area contributed by atoms with Crippen molar-refractivity contribution >= 4 is 6.09 Å². The molecule has 2 saturated heterocycles. The van der Waals surface area contributed by atoms with Crippen LogP contribution in [0.15, 0.2) is 0 Å². The lowest BCUT2D eigenvalue weighted by Gasteiger charge is -2.31. The molecule has 18 heavy (non-hydrogen) atoms. The van der Waals surface area contributed by atoms with Gasteiger partial charge in [0.25, 0.3) is 0 Å². The number of carbonyl (C=O) groups excluding carboxylic acids is 1. The second-order valence-corrected chi connectivity index (χ2v) is 5.75. The molecule has 1 amide bonds.